The van der Waals surface area contributed by atoms with Crippen molar-refractivity contribution in [3.8, 4) is 11.1 Å². The molecule has 0 bridgehead atoms. The number of rotatable bonds is 7. The highest BCUT2D eigenvalue weighted by molar-refractivity contribution is 7.89. The molecular formula is C31H33F3N4O2S. The number of sulfonamides is 1. The first-order valence-electron chi connectivity index (χ1n) is 14.0. The number of fused-ring (bicyclic) bond motifs is 1. The molecule has 1 N–H and O–H groups in total. The van der Waals surface area contributed by atoms with E-state index in [0.717, 1.165) is 28.2 Å². The minimum atomic E-state index is -4.23. The summed E-state index contributed by atoms with van der Waals surface area (Å²) in [6.07, 6.45) is 1.18. The monoisotopic (exact) mass is 582 g/mol. The largest absolute Gasteiger partial charge is 0.398 e. The van der Waals surface area contributed by atoms with Gasteiger partial charge in [-0.2, -0.15) is 17.5 Å². The highest BCUT2D eigenvalue weighted by atomic mass is 32.2. The van der Waals surface area contributed by atoms with Crippen molar-refractivity contribution < 1.29 is 21.6 Å². The number of halogens is 3. The minimum absolute atomic E-state index is 0.0426. The molecule has 2 aliphatic rings. The molecule has 4 aromatic rings. The lowest BCUT2D eigenvalue weighted by Crippen LogP contribution is -2.42. The molecule has 2 aromatic carbocycles. The van der Waals surface area contributed by atoms with Gasteiger partial charge in [0, 0.05) is 42.9 Å². The van der Waals surface area contributed by atoms with E-state index in [1.165, 1.54) is 4.31 Å². The molecule has 0 radical (unpaired) electrons. The standard InChI is InChI=1S/C31H33F3N4O2S/c1-21(2)28-19-35-29-12-5-23(20-38(28)29)22-3-10-27(11-4-22)41(39,40)37-17-13-26(14-18-37)36-25-8-6-24(7-9-25)30(15-16-30)31(32,33)34/h3-12,19-21,26,36H,13-18H2,1-2H3. The summed E-state index contributed by atoms with van der Waals surface area (Å²) in [4.78, 5) is 4.72. The average Bonchev–Trinajstić information content (AvgIpc) is 3.67. The first-order chi connectivity index (χ1) is 19.5. The zero-order valence-corrected chi connectivity index (χ0v) is 23.8. The number of hydrogen-bond donors (Lipinski definition) is 1. The Morgan fingerprint density at radius 1 is 0.927 bits per heavy atom. The average molecular weight is 583 g/mol. The Hall–Kier alpha value is -3.37. The van der Waals surface area contributed by atoms with Gasteiger partial charge in [0.15, 0.2) is 0 Å². The normalized spacial score (nSPS) is 18.2. The van der Waals surface area contributed by atoms with Crippen molar-refractivity contribution >= 4 is 21.4 Å². The number of anilines is 1. The summed E-state index contributed by atoms with van der Waals surface area (Å²) in [5, 5.41) is 3.37. The maximum absolute atomic E-state index is 13.4. The number of pyridine rings is 1. The lowest BCUT2D eigenvalue weighted by molar-refractivity contribution is -0.160. The number of imidazole rings is 1. The molecule has 2 aromatic heterocycles. The molecule has 2 fully saturated rings. The number of nitrogens with one attached hydrogen (secondary N) is 1. The topological polar surface area (TPSA) is 66.7 Å². The van der Waals surface area contributed by atoms with Crippen molar-refractivity contribution in [2.45, 2.75) is 68.0 Å². The predicted molar refractivity (Wildman–Crippen MR) is 154 cm³/mol. The van der Waals surface area contributed by atoms with E-state index >= 15 is 0 Å². The van der Waals surface area contributed by atoms with Crippen LogP contribution < -0.4 is 5.32 Å². The van der Waals surface area contributed by atoms with Crippen LogP contribution >= 0.6 is 0 Å². The van der Waals surface area contributed by atoms with Gasteiger partial charge < -0.3 is 9.72 Å². The van der Waals surface area contributed by atoms with Gasteiger partial charge in [-0.1, -0.05) is 38.1 Å². The van der Waals surface area contributed by atoms with E-state index in [1.54, 1.807) is 36.4 Å². The van der Waals surface area contributed by atoms with Crippen LogP contribution in [0.25, 0.3) is 16.8 Å². The van der Waals surface area contributed by atoms with Crippen LogP contribution in [0.15, 0.2) is 78.0 Å². The second-order valence-corrected chi connectivity index (χ2v) is 13.4. The Kier molecular flexibility index (Phi) is 6.89. The number of aromatic nitrogens is 2. The smallest absolute Gasteiger partial charge is 0.382 e. The molecule has 3 heterocycles. The molecule has 216 valence electrons. The van der Waals surface area contributed by atoms with Crippen molar-refractivity contribution in [1.29, 1.82) is 0 Å². The van der Waals surface area contributed by atoms with Gasteiger partial charge in [-0.25, -0.2) is 13.4 Å². The molecule has 1 saturated heterocycles. The second kappa shape index (κ2) is 10.2. The number of benzene rings is 2. The third kappa shape index (κ3) is 5.12. The summed E-state index contributed by atoms with van der Waals surface area (Å²) in [7, 11) is -3.65. The Labute approximate surface area is 238 Å². The van der Waals surface area contributed by atoms with Crippen LogP contribution in [-0.4, -0.2) is 47.4 Å². The van der Waals surface area contributed by atoms with E-state index in [9.17, 15) is 21.6 Å². The molecule has 6 nitrogen and oxygen atoms in total. The fourth-order valence-electron chi connectivity index (χ4n) is 5.79. The molecule has 0 unspecified atom stereocenters. The fraction of sp³-hybridized carbons (Fsp3) is 0.387. The Morgan fingerprint density at radius 2 is 1.56 bits per heavy atom. The van der Waals surface area contributed by atoms with Crippen molar-refractivity contribution in [2.24, 2.45) is 0 Å². The SMILES string of the molecule is CC(C)c1cnc2ccc(-c3ccc(S(=O)(=O)N4CCC(Nc5ccc(C6(C(F)(F)F)CC6)cc5)CC4)cc3)cn12. The molecule has 0 atom stereocenters. The molecule has 1 aliphatic heterocycles. The van der Waals surface area contributed by atoms with Crippen molar-refractivity contribution in [1.82, 2.24) is 13.7 Å². The van der Waals surface area contributed by atoms with E-state index < -0.39 is 21.6 Å². The van der Waals surface area contributed by atoms with Crippen LogP contribution in [0.3, 0.4) is 0 Å². The summed E-state index contributed by atoms with van der Waals surface area (Å²) in [6.45, 7) is 4.98. The lowest BCUT2D eigenvalue weighted by Gasteiger charge is -2.32. The third-order valence-corrected chi connectivity index (χ3v) is 10.4. The van der Waals surface area contributed by atoms with Gasteiger partial charge in [-0.3, -0.25) is 0 Å². The summed E-state index contributed by atoms with van der Waals surface area (Å²) < 4.78 is 70.6. The molecule has 0 spiro atoms. The molecular weight excluding hydrogens is 549 g/mol. The van der Waals surface area contributed by atoms with Crippen molar-refractivity contribution in [3.63, 3.8) is 0 Å². The van der Waals surface area contributed by atoms with Crippen LogP contribution in [0.4, 0.5) is 18.9 Å². The quantitative estimate of drug-likeness (QED) is 0.255. The summed E-state index contributed by atoms with van der Waals surface area (Å²) in [5.74, 6) is 0.325. The number of piperidine rings is 1. The van der Waals surface area contributed by atoms with E-state index in [1.807, 2.05) is 36.7 Å². The summed E-state index contributed by atoms with van der Waals surface area (Å²) in [6, 6.07) is 17.5. The molecule has 41 heavy (non-hydrogen) atoms. The molecule has 0 amide bonds. The Morgan fingerprint density at radius 3 is 2.15 bits per heavy atom. The number of hydrogen-bond acceptors (Lipinski definition) is 4. The van der Waals surface area contributed by atoms with Crippen LogP contribution in [0.1, 0.15) is 56.7 Å². The van der Waals surface area contributed by atoms with Gasteiger partial charge in [0.25, 0.3) is 0 Å². The van der Waals surface area contributed by atoms with Crippen molar-refractivity contribution in [3.05, 3.63) is 84.3 Å². The Bertz CT molecular complexity index is 1650. The second-order valence-electron chi connectivity index (χ2n) is 11.5. The number of nitrogens with zero attached hydrogens (tertiary/aromatic N) is 3. The summed E-state index contributed by atoms with van der Waals surface area (Å²) >= 11 is 0. The van der Waals surface area contributed by atoms with Gasteiger partial charge in [-0.15, -0.1) is 0 Å². The lowest BCUT2D eigenvalue weighted by atomic mass is 9.95. The Balaban J connectivity index is 1.09. The maximum Gasteiger partial charge on any atom is 0.398 e. The highest BCUT2D eigenvalue weighted by Gasteiger charge is 2.64. The maximum atomic E-state index is 13.4. The van der Waals surface area contributed by atoms with Gasteiger partial charge in [-0.05, 0) is 84.7 Å². The van der Waals surface area contributed by atoms with E-state index in [2.05, 4.69) is 28.5 Å². The molecule has 1 saturated carbocycles. The third-order valence-electron chi connectivity index (χ3n) is 8.51. The zero-order chi connectivity index (χ0) is 29.0. The van der Waals surface area contributed by atoms with E-state index in [4.69, 9.17) is 0 Å². The van der Waals surface area contributed by atoms with Gasteiger partial charge >= 0.3 is 6.18 Å². The van der Waals surface area contributed by atoms with Crippen molar-refractivity contribution in [2.75, 3.05) is 18.4 Å². The van der Waals surface area contributed by atoms with Gasteiger partial charge in [0.05, 0.1) is 10.3 Å². The fourth-order valence-corrected chi connectivity index (χ4v) is 7.26. The van der Waals surface area contributed by atoms with Crippen LogP contribution in [0.5, 0.6) is 0 Å². The first-order valence-corrected chi connectivity index (χ1v) is 15.4. The minimum Gasteiger partial charge on any atom is -0.382 e. The van der Waals surface area contributed by atoms with Gasteiger partial charge in [0.2, 0.25) is 10.0 Å². The van der Waals surface area contributed by atoms with Crippen LogP contribution in [-0.2, 0) is 15.4 Å². The van der Waals surface area contributed by atoms with Gasteiger partial charge in [0.1, 0.15) is 5.65 Å². The van der Waals surface area contributed by atoms with Crippen LogP contribution in [0.2, 0.25) is 0 Å². The molecule has 10 heteroatoms. The first kappa shape index (κ1) is 27.8. The van der Waals surface area contributed by atoms with E-state index in [-0.39, 0.29) is 23.8 Å². The van der Waals surface area contributed by atoms with Crippen LogP contribution in [0, 0.1) is 0 Å². The summed E-state index contributed by atoms with van der Waals surface area (Å²) in [5.41, 5.74) is 3.26. The zero-order valence-electron chi connectivity index (χ0n) is 23.0. The highest BCUT2D eigenvalue weighted by Crippen LogP contribution is 2.58. The van der Waals surface area contributed by atoms with E-state index in [0.29, 0.717) is 37.4 Å². The predicted octanol–water partition coefficient (Wildman–Crippen LogP) is 6.98. The molecule has 1 aliphatic carbocycles. The molecule has 6 rings (SSSR count). The number of alkyl halides is 3.